The summed E-state index contributed by atoms with van der Waals surface area (Å²) in [6.45, 7) is 3.99. The quantitative estimate of drug-likeness (QED) is 0.931. The maximum absolute atomic E-state index is 11.1. The van der Waals surface area contributed by atoms with Crippen molar-refractivity contribution in [3.8, 4) is 17.4 Å². The van der Waals surface area contributed by atoms with E-state index in [1.54, 1.807) is 6.92 Å². The molecule has 1 aromatic heterocycles. The van der Waals surface area contributed by atoms with E-state index in [0.29, 0.717) is 12.2 Å². The minimum Gasteiger partial charge on any atom is -0.476 e. The molecule has 1 N–H and O–H groups in total. The second-order valence-corrected chi connectivity index (χ2v) is 4.73. The third-order valence-electron chi connectivity index (χ3n) is 2.43. The summed E-state index contributed by atoms with van der Waals surface area (Å²) in [6, 6.07) is 5.64. The van der Waals surface area contributed by atoms with E-state index >= 15 is 0 Å². The van der Waals surface area contributed by atoms with Crippen molar-refractivity contribution >= 4 is 21.9 Å². The maximum Gasteiger partial charge on any atom is 0.362 e. The van der Waals surface area contributed by atoms with Crippen molar-refractivity contribution in [2.75, 3.05) is 6.61 Å². The lowest BCUT2D eigenvalue weighted by atomic mass is 10.1. The summed E-state index contributed by atoms with van der Waals surface area (Å²) in [4.78, 5) is 15.1. The number of carbonyl (C=O) groups is 1. The highest BCUT2D eigenvalue weighted by molar-refractivity contribution is 9.10. The van der Waals surface area contributed by atoms with Crippen LogP contribution in [0.4, 0.5) is 0 Å². The summed E-state index contributed by atoms with van der Waals surface area (Å²) in [5.74, 6) is -1.03. The van der Waals surface area contributed by atoms with Gasteiger partial charge in [0, 0.05) is 4.47 Å². The molecule has 5 nitrogen and oxygen atoms in total. The van der Waals surface area contributed by atoms with Crippen LogP contribution in [0.3, 0.4) is 0 Å². The number of nitrogens with zero attached hydrogens (tertiary/aromatic N) is 1. The van der Waals surface area contributed by atoms with Crippen molar-refractivity contribution < 1.29 is 19.1 Å². The summed E-state index contributed by atoms with van der Waals surface area (Å²) >= 11 is 3.39. The van der Waals surface area contributed by atoms with Gasteiger partial charge in [-0.3, -0.25) is 0 Å². The molecule has 0 aliphatic heterocycles. The molecular weight excluding hydrogens is 314 g/mol. The fourth-order valence-electron chi connectivity index (χ4n) is 1.59. The summed E-state index contributed by atoms with van der Waals surface area (Å²) in [7, 11) is 0. The number of oxazole rings is 1. The zero-order valence-corrected chi connectivity index (χ0v) is 12.0. The van der Waals surface area contributed by atoms with Crippen molar-refractivity contribution in [1.82, 2.24) is 4.98 Å². The first kappa shape index (κ1) is 13.6. The predicted molar refractivity (Wildman–Crippen MR) is 72.5 cm³/mol. The largest absolute Gasteiger partial charge is 0.476 e. The fraction of sp³-hybridized carbons (Fsp3) is 0.231. The highest BCUT2D eigenvalue weighted by atomic mass is 79.9. The van der Waals surface area contributed by atoms with Gasteiger partial charge in [0.2, 0.25) is 11.6 Å². The number of halogens is 1. The second kappa shape index (κ2) is 5.44. The molecule has 1 aromatic carbocycles. The molecule has 0 atom stereocenters. The molecular formula is C13H12BrNO4. The van der Waals surface area contributed by atoms with E-state index in [1.807, 2.05) is 25.1 Å². The summed E-state index contributed by atoms with van der Waals surface area (Å²) in [5, 5.41) is 9.06. The molecule has 0 saturated carbocycles. The van der Waals surface area contributed by atoms with Crippen molar-refractivity contribution in [3.05, 3.63) is 33.9 Å². The summed E-state index contributed by atoms with van der Waals surface area (Å²) in [5.41, 5.74) is 1.49. The minimum absolute atomic E-state index is 0.0709. The number of rotatable bonds is 4. The van der Waals surface area contributed by atoms with Crippen molar-refractivity contribution in [2.45, 2.75) is 13.8 Å². The lowest BCUT2D eigenvalue weighted by molar-refractivity contribution is 0.0683. The minimum atomic E-state index is -1.18. The maximum atomic E-state index is 11.1. The van der Waals surface area contributed by atoms with Crippen LogP contribution in [0.2, 0.25) is 0 Å². The van der Waals surface area contributed by atoms with Crippen molar-refractivity contribution in [1.29, 1.82) is 0 Å². The number of ether oxygens (including phenoxy) is 1. The summed E-state index contributed by atoms with van der Waals surface area (Å²) < 4.78 is 11.3. The molecule has 19 heavy (non-hydrogen) atoms. The van der Waals surface area contributed by atoms with Gasteiger partial charge < -0.3 is 14.3 Å². The molecule has 100 valence electrons. The highest BCUT2D eigenvalue weighted by Gasteiger charge is 2.22. The number of aromatic carboxylic acids is 1. The lowest BCUT2D eigenvalue weighted by Gasteiger charge is -2.01. The Bertz CT molecular complexity index is 621. The number of aromatic nitrogens is 1. The van der Waals surface area contributed by atoms with Gasteiger partial charge in [0.1, 0.15) is 0 Å². The third-order valence-corrected chi connectivity index (χ3v) is 3.12. The van der Waals surface area contributed by atoms with Crippen LogP contribution in [0.1, 0.15) is 23.0 Å². The Balaban J connectivity index is 2.53. The normalized spacial score (nSPS) is 10.5. The van der Waals surface area contributed by atoms with Crippen molar-refractivity contribution in [3.63, 3.8) is 0 Å². The average Bonchev–Trinajstić information content (AvgIpc) is 2.77. The van der Waals surface area contributed by atoms with Gasteiger partial charge in [-0.25, -0.2) is 4.79 Å². The molecule has 0 fully saturated rings. The molecule has 6 heteroatoms. The van der Waals surface area contributed by atoms with E-state index in [2.05, 4.69) is 20.9 Å². The number of hydrogen-bond donors (Lipinski definition) is 1. The van der Waals surface area contributed by atoms with Gasteiger partial charge in [0.05, 0.1) is 12.2 Å². The van der Waals surface area contributed by atoms with Crippen LogP contribution < -0.4 is 4.74 Å². The van der Waals surface area contributed by atoms with Gasteiger partial charge in [0.25, 0.3) is 0 Å². The highest BCUT2D eigenvalue weighted by Crippen LogP contribution is 2.32. The molecule has 0 spiro atoms. The Morgan fingerprint density at radius 2 is 2.26 bits per heavy atom. The average molecular weight is 326 g/mol. The SMILES string of the molecule is CCOc1oc(-c2cc(C)ccc2Br)nc1C(=O)O. The predicted octanol–water partition coefficient (Wildman–Crippen LogP) is 3.51. The second-order valence-electron chi connectivity index (χ2n) is 3.88. The molecule has 0 saturated heterocycles. The molecule has 2 aromatic rings. The Kier molecular flexibility index (Phi) is 3.90. The van der Waals surface area contributed by atoms with E-state index in [0.717, 1.165) is 10.0 Å². The number of hydrogen-bond acceptors (Lipinski definition) is 4. The Labute approximate surface area is 118 Å². The van der Waals surface area contributed by atoms with Crippen LogP contribution >= 0.6 is 15.9 Å². The smallest absolute Gasteiger partial charge is 0.362 e. The van der Waals surface area contributed by atoms with Gasteiger partial charge >= 0.3 is 11.9 Å². The zero-order valence-electron chi connectivity index (χ0n) is 10.4. The Morgan fingerprint density at radius 1 is 1.53 bits per heavy atom. The van der Waals surface area contributed by atoms with Gasteiger partial charge in [-0.1, -0.05) is 11.6 Å². The fourth-order valence-corrected chi connectivity index (χ4v) is 2.00. The first-order valence-corrected chi connectivity index (χ1v) is 6.45. The van der Waals surface area contributed by atoms with Gasteiger partial charge in [-0.05, 0) is 41.9 Å². The molecule has 0 unspecified atom stereocenters. The standard InChI is InChI=1S/C13H12BrNO4/c1-3-18-13-10(12(16)17)15-11(19-13)8-6-7(2)4-5-9(8)14/h4-6H,3H2,1-2H3,(H,16,17). The molecule has 0 aliphatic rings. The van der Waals surface area contributed by atoms with E-state index < -0.39 is 5.97 Å². The van der Waals surface area contributed by atoms with Crippen LogP contribution in [0.5, 0.6) is 5.95 Å². The van der Waals surface area contributed by atoms with Gasteiger partial charge in [0.15, 0.2) is 0 Å². The topological polar surface area (TPSA) is 72.6 Å². The molecule has 0 aliphatic carbocycles. The molecule has 2 rings (SSSR count). The van der Waals surface area contributed by atoms with Crippen LogP contribution in [-0.2, 0) is 0 Å². The third kappa shape index (κ3) is 2.78. The molecule has 0 amide bonds. The van der Waals surface area contributed by atoms with E-state index in [-0.39, 0.29) is 17.5 Å². The van der Waals surface area contributed by atoms with Gasteiger partial charge in [-0.2, -0.15) is 4.98 Å². The first-order valence-electron chi connectivity index (χ1n) is 5.66. The number of carboxylic acids is 1. The zero-order chi connectivity index (χ0) is 14.0. The molecule has 1 heterocycles. The van der Waals surface area contributed by atoms with E-state index in [4.69, 9.17) is 14.3 Å². The Morgan fingerprint density at radius 3 is 2.89 bits per heavy atom. The lowest BCUT2D eigenvalue weighted by Crippen LogP contribution is -2.01. The van der Waals surface area contributed by atoms with Crippen LogP contribution in [0, 0.1) is 6.92 Å². The first-order chi connectivity index (χ1) is 9.02. The van der Waals surface area contributed by atoms with E-state index in [9.17, 15) is 4.79 Å². The van der Waals surface area contributed by atoms with Crippen LogP contribution in [0.25, 0.3) is 11.5 Å². The monoisotopic (exact) mass is 325 g/mol. The van der Waals surface area contributed by atoms with E-state index in [1.165, 1.54) is 0 Å². The molecule has 0 bridgehead atoms. The number of aryl methyl sites for hydroxylation is 1. The van der Waals surface area contributed by atoms with Crippen LogP contribution in [-0.4, -0.2) is 22.7 Å². The Hall–Kier alpha value is -1.82. The number of benzene rings is 1. The molecule has 0 radical (unpaired) electrons. The number of carboxylic acid groups (broad SMARTS) is 1. The van der Waals surface area contributed by atoms with Gasteiger partial charge in [-0.15, -0.1) is 0 Å². The van der Waals surface area contributed by atoms with Crippen molar-refractivity contribution in [2.24, 2.45) is 0 Å². The van der Waals surface area contributed by atoms with Crippen LogP contribution in [0.15, 0.2) is 27.1 Å². The summed E-state index contributed by atoms with van der Waals surface area (Å²) in [6.07, 6.45) is 0.